The fraction of sp³-hybridized carbons (Fsp3) is 0. The second kappa shape index (κ2) is 3.25. The Morgan fingerprint density at radius 3 is 2.93 bits per heavy atom. The van der Waals surface area contributed by atoms with Crippen LogP contribution < -0.4 is 0 Å². The van der Waals surface area contributed by atoms with Crippen molar-refractivity contribution in [1.29, 1.82) is 0 Å². The summed E-state index contributed by atoms with van der Waals surface area (Å²) < 4.78 is 4.92. The Hall–Kier alpha value is -2.24. The summed E-state index contributed by atoms with van der Waals surface area (Å²) in [5.74, 6) is -0.987. The van der Waals surface area contributed by atoms with Gasteiger partial charge in [-0.05, 0) is 12.1 Å². The molecule has 6 nitrogen and oxygen atoms in total. The third-order valence-electron chi connectivity index (χ3n) is 1.51. The van der Waals surface area contributed by atoms with Gasteiger partial charge < -0.3 is 9.52 Å². The highest BCUT2D eigenvalue weighted by Crippen LogP contribution is 2.14. The van der Waals surface area contributed by atoms with Crippen molar-refractivity contribution in [2.75, 3.05) is 0 Å². The maximum absolute atomic E-state index is 10.5. The highest BCUT2D eigenvalue weighted by Gasteiger charge is 2.12. The Kier molecular flexibility index (Phi) is 1.94. The van der Waals surface area contributed by atoms with Crippen molar-refractivity contribution < 1.29 is 14.3 Å². The lowest BCUT2D eigenvalue weighted by atomic mass is 10.4. The predicted octanol–water partition coefficient (Wildman–Crippen LogP) is 0.830. The third kappa shape index (κ3) is 1.45. The average Bonchev–Trinajstić information content (AvgIpc) is 2.68. The van der Waals surface area contributed by atoms with Crippen LogP contribution in [0, 0.1) is 0 Å². The summed E-state index contributed by atoms with van der Waals surface area (Å²) in [6.45, 7) is 0. The molecule has 1 N–H and O–H groups in total. The van der Waals surface area contributed by atoms with Crippen molar-refractivity contribution in [3.8, 4) is 11.6 Å². The topological polar surface area (TPSA) is 89.1 Å². The minimum absolute atomic E-state index is 0.148. The van der Waals surface area contributed by atoms with Gasteiger partial charge in [-0.1, -0.05) is 0 Å². The van der Waals surface area contributed by atoms with E-state index in [4.69, 9.17) is 9.52 Å². The van der Waals surface area contributed by atoms with Crippen molar-refractivity contribution >= 4 is 5.97 Å². The van der Waals surface area contributed by atoms with Crippen LogP contribution in [0.5, 0.6) is 0 Å². The van der Waals surface area contributed by atoms with Crippen molar-refractivity contribution in [2.45, 2.75) is 0 Å². The van der Waals surface area contributed by atoms with Gasteiger partial charge in [0.05, 0.1) is 0 Å². The van der Waals surface area contributed by atoms with E-state index >= 15 is 0 Å². The first kappa shape index (κ1) is 8.36. The van der Waals surface area contributed by atoms with Gasteiger partial charge in [0.15, 0.2) is 5.69 Å². The summed E-state index contributed by atoms with van der Waals surface area (Å²) in [5.41, 5.74) is 0.255. The first-order valence-corrected chi connectivity index (χ1v) is 3.74. The normalized spacial score (nSPS) is 10.0. The number of carbonyl (C=O) groups is 1. The number of rotatable bonds is 2. The van der Waals surface area contributed by atoms with E-state index in [2.05, 4.69) is 15.2 Å². The Labute approximate surface area is 78.2 Å². The van der Waals surface area contributed by atoms with Gasteiger partial charge in [0, 0.05) is 6.20 Å². The van der Waals surface area contributed by atoms with Gasteiger partial charge in [0.2, 0.25) is 5.89 Å². The number of carboxylic acid groups (broad SMARTS) is 1. The van der Waals surface area contributed by atoms with Crippen molar-refractivity contribution in [2.24, 2.45) is 0 Å². The van der Waals surface area contributed by atoms with E-state index in [1.54, 1.807) is 12.1 Å². The molecule has 0 spiro atoms. The Morgan fingerprint density at radius 2 is 2.36 bits per heavy atom. The molecule has 0 saturated heterocycles. The Bertz CT molecular complexity index is 452. The summed E-state index contributed by atoms with van der Waals surface area (Å²) in [7, 11) is 0. The van der Waals surface area contributed by atoms with Crippen LogP contribution in [-0.4, -0.2) is 26.3 Å². The number of hydrogen-bond donors (Lipinski definition) is 1. The van der Waals surface area contributed by atoms with Gasteiger partial charge in [-0.2, -0.15) is 5.10 Å². The zero-order valence-electron chi connectivity index (χ0n) is 6.91. The van der Waals surface area contributed by atoms with Gasteiger partial charge in [-0.3, -0.25) is 0 Å². The zero-order valence-corrected chi connectivity index (χ0v) is 6.91. The second-order valence-electron chi connectivity index (χ2n) is 2.45. The minimum atomic E-state index is -1.14. The first-order valence-electron chi connectivity index (χ1n) is 3.74. The Morgan fingerprint density at radius 1 is 1.50 bits per heavy atom. The highest BCUT2D eigenvalue weighted by atomic mass is 16.4. The highest BCUT2D eigenvalue weighted by molar-refractivity contribution is 5.85. The molecular weight excluding hydrogens is 186 g/mol. The molecule has 2 aromatic heterocycles. The molecule has 2 heterocycles. The van der Waals surface area contributed by atoms with Crippen LogP contribution >= 0.6 is 0 Å². The van der Waals surface area contributed by atoms with E-state index in [1.165, 1.54) is 6.20 Å². The summed E-state index contributed by atoms with van der Waals surface area (Å²) in [4.78, 5) is 14.2. The quantitative estimate of drug-likeness (QED) is 0.756. The lowest BCUT2D eigenvalue weighted by Crippen LogP contribution is -1.96. The molecule has 6 heteroatoms. The van der Waals surface area contributed by atoms with E-state index in [1.807, 2.05) is 0 Å². The van der Waals surface area contributed by atoms with Crippen LogP contribution in [0.25, 0.3) is 11.6 Å². The van der Waals surface area contributed by atoms with Crippen molar-refractivity contribution in [3.63, 3.8) is 0 Å². The standard InChI is InChI=1S/C8H5N3O3/c12-8(13)6-4-14-7(10-6)5-2-1-3-9-11-5/h1-4H,(H,12,13). The zero-order chi connectivity index (χ0) is 9.97. The summed E-state index contributed by atoms with van der Waals surface area (Å²) in [6.07, 6.45) is 2.57. The van der Waals surface area contributed by atoms with Gasteiger partial charge in [0.1, 0.15) is 12.0 Å². The predicted molar refractivity (Wildman–Crippen MR) is 44.5 cm³/mol. The van der Waals surface area contributed by atoms with Crippen LogP contribution in [0.15, 0.2) is 29.0 Å². The SMILES string of the molecule is O=C(O)c1coc(-c2cccnn2)n1. The minimum Gasteiger partial charge on any atom is -0.476 e. The molecule has 0 aliphatic heterocycles. The van der Waals surface area contributed by atoms with Crippen LogP contribution in [0.1, 0.15) is 10.5 Å². The molecular formula is C8H5N3O3. The molecule has 2 rings (SSSR count). The molecule has 0 aliphatic carbocycles. The van der Waals surface area contributed by atoms with Crippen LogP contribution in [0.2, 0.25) is 0 Å². The van der Waals surface area contributed by atoms with Gasteiger partial charge in [0.25, 0.3) is 0 Å². The first-order chi connectivity index (χ1) is 6.77. The van der Waals surface area contributed by atoms with Crippen LogP contribution in [0.3, 0.4) is 0 Å². The summed E-state index contributed by atoms with van der Waals surface area (Å²) in [6, 6.07) is 3.29. The fourth-order valence-electron chi connectivity index (χ4n) is 0.905. The lowest BCUT2D eigenvalue weighted by Gasteiger charge is -1.89. The molecule has 0 fully saturated rings. The molecule has 0 radical (unpaired) electrons. The van der Waals surface area contributed by atoms with Crippen LogP contribution in [-0.2, 0) is 0 Å². The average molecular weight is 191 g/mol. The lowest BCUT2D eigenvalue weighted by molar-refractivity contribution is 0.0690. The maximum atomic E-state index is 10.5. The molecule has 0 aliphatic rings. The van der Waals surface area contributed by atoms with Crippen molar-refractivity contribution in [1.82, 2.24) is 15.2 Å². The van der Waals surface area contributed by atoms with Gasteiger partial charge in [-0.15, -0.1) is 5.10 Å². The Balaban J connectivity index is 2.39. The molecule has 0 bridgehead atoms. The largest absolute Gasteiger partial charge is 0.476 e. The molecule has 70 valence electrons. The number of aromatic carboxylic acids is 1. The van der Waals surface area contributed by atoms with E-state index in [-0.39, 0.29) is 11.6 Å². The van der Waals surface area contributed by atoms with E-state index in [0.29, 0.717) is 5.69 Å². The number of oxazole rings is 1. The molecule has 0 aromatic carbocycles. The van der Waals surface area contributed by atoms with E-state index in [0.717, 1.165) is 6.26 Å². The smallest absolute Gasteiger partial charge is 0.357 e. The number of aromatic nitrogens is 3. The van der Waals surface area contributed by atoms with Gasteiger partial charge in [-0.25, -0.2) is 9.78 Å². The van der Waals surface area contributed by atoms with E-state index < -0.39 is 5.97 Å². The molecule has 0 atom stereocenters. The van der Waals surface area contributed by atoms with Crippen molar-refractivity contribution in [3.05, 3.63) is 30.3 Å². The molecule has 0 saturated carbocycles. The number of nitrogens with zero attached hydrogens (tertiary/aromatic N) is 3. The maximum Gasteiger partial charge on any atom is 0.357 e. The summed E-state index contributed by atoms with van der Waals surface area (Å²) >= 11 is 0. The van der Waals surface area contributed by atoms with Gasteiger partial charge >= 0.3 is 5.97 Å². The molecule has 14 heavy (non-hydrogen) atoms. The molecule has 0 unspecified atom stereocenters. The molecule has 2 aromatic rings. The number of carboxylic acids is 1. The van der Waals surface area contributed by atoms with Crippen LogP contribution in [0.4, 0.5) is 0 Å². The second-order valence-corrected chi connectivity index (χ2v) is 2.45. The summed E-state index contributed by atoms with van der Waals surface area (Å²) in [5, 5.41) is 15.9. The molecule has 0 amide bonds. The van der Waals surface area contributed by atoms with E-state index in [9.17, 15) is 4.79 Å². The monoisotopic (exact) mass is 191 g/mol. The fourth-order valence-corrected chi connectivity index (χ4v) is 0.905. The number of hydrogen-bond acceptors (Lipinski definition) is 5. The third-order valence-corrected chi connectivity index (χ3v) is 1.51.